The van der Waals surface area contributed by atoms with Crippen molar-refractivity contribution in [3.63, 3.8) is 0 Å². The first kappa shape index (κ1) is 18.2. The Kier molecular flexibility index (Phi) is 6.87. The minimum Gasteiger partial charge on any atom is -0.376 e. The number of ether oxygens (including phenoxy) is 1. The van der Waals surface area contributed by atoms with Gasteiger partial charge in [0.25, 0.3) is 0 Å². The molecule has 0 radical (unpaired) electrons. The molecule has 2 heterocycles. The minimum atomic E-state index is -0.0179. The summed E-state index contributed by atoms with van der Waals surface area (Å²) < 4.78 is 7.58. The average molecular weight is 343 g/mol. The second-order valence-electron chi connectivity index (χ2n) is 6.39. The van der Waals surface area contributed by atoms with Crippen LogP contribution < -0.4 is 10.6 Å². The van der Waals surface area contributed by atoms with E-state index in [1.165, 1.54) is 25.7 Å². The standard InChI is InChI=1S/C16H26N4O2.ClH/c1-20-11-12(8-19-20)14-9-17-10-15(14)16(21)18-6-7-22-13-4-2-3-5-13;/h8,11,13-15,17H,2-7,9-10H2,1H3,(H,18,21);1H/t14-,15+;/m1./s1. The van der Waals surface area contributed by atoms with E-state index < -0.39 is 0 Å². The van der Waals surface area contributed by atoms with Crippen molar-refractivity contribution in [2.45, 2.75) is 37.7 Å². The van der Waals surface area contributed by atoms with Gasteiger partial charge in [-0.3, -0.25) is 9.48 Å². The van der Waals surface area contributed by atoms with E-state index in [9.17, 15) is 4.79 Å². The number of nitrogens with zero attached hydrogens (tertiary/aromatic N) is 2. The van der Waals surface area contributed by atoms with Gasteiger partial charge in [0.15, 0.2) is 0 Å². The molecule has 6 nitrogen and oxygen atoms in total. The monoisotopic (exact) mass is 342 g/mol. The SMILES string of the molecule is Cl.Cn1cc([C@H]2CNC[C@@H]2C(=O)NCCOC2CCCC2)cn1. The highest BCUT2D eigenvalue weighted by Crippen LogP contribution is 2.27. The molecule has 130 valence electrons. The van der Waals surface area contributed by atoms with Gasteiger partial charge in [0.2, 0.25) is 5.91 Å². The highest BCUT2D eigenvalue weighted by atomic mass is 35.5. The molecule has 2 N–H and O–H groups in total. The average Bonchev–Trinajstić information content (AvgIpc) is 3.23. The number of aromatic nitrogens is 2. The van der Waals surface area contributed by atoms with Gasteiger partial charge >= 0.3 is 0 Å². The van der Waals surface area contributed by atoms with Crippen LogP contribution in [0.2, 0.25) is 0 Å². The van der Waals surface area contributed by atoms with Crippen LogP contribution in [0.4, 0.5) is 0 Å². The van der Waals surface area contributed by atoms with Crippen molar-refractivity contribution in [2.75, 3.05) is 26.2 Å². The summed E-state index contributed by atoms with van der Waals surface area (Å²) in [6.07, 6.45) is 9.16. The van der Waals surface area contributed by atoms with Gasteiger partial charge in [-0.2, -0.15) is 5.10 Å². The van der Waals surface area contributed by atoms with Crippen LogP contribution in [0.25, 0.3) is 0 Å². The van der Waals surface area contributed by atoms with Crippen LogP contribution in [-0.4, -0.2) is 48.0 Å². The fourth-order valence-electron chi connectivity index (χ4n) is 3.52. The Bertz CT molecular complexity index is 502. The van der Waals surface area contributed by atoms with Crippen LogP contribution in [0, 0.1) is 5.92 Å². The van der Waals surface area contributed by atoms with Crippen molar-refractivity contribution >= 4 is 18.3 Å². The molecule has 0 aromatic carbocycles. The maximum Gasteiger partial charge on any atom is 0.225 e. The van der Waals surface area contributed by atoms with E-state index in [1.807, 2.05) is 19.4 Å². The Balaban J connectivity index is 0.00000192. The summed E-state index contributed by atoms with van der Waals surface area (Å²) in [6, 6.07) is 0. The molecule has 0 bridgehead atoms. The van der Waals surface area contributed by atoms with Crippen LogP contribution in [0.5, 0.6) is 0 Å². The van der Waals surface area contributed by atoms with Gasteiger partial charge in [-0.15, -0.1) is 12.4 Å². The number of nitrogens with one attached hydrogen (secondary N) is 2. The first-order chi connectivity index (χ1) is 10.7. The molecule has 1 amide bonds. The third kappa shape index (κ3) is 4.68. The highest BCUT2D eigenvalue weighted by molar-refractivity contribution is 5.85. The lowest BCUT2D eigenvalue weighted by molar-refractivity contribution is -0.125. The third-order valence-electron chi connectivity index (χ3n) is 4.76. The number of hydrogen-bond acceptors (Lipinski definition) is 4. The molecule has 2 aliphatic rings. The van der Waals surface area contributed by atoms with E-state index in [0.29, 0.717) is 19.3 Å². The lowest BCUT2D eigenvalue weighted by atomic mass is 9.90. The normalized spacial score (nSPS) is 24.6. The second-order valence-corrected chi connectivity index (χ2v) is 6.39. The summed E-state index contributed by atoms with van der Waals surface area (Å²) in [5.74, 6) is 0.314. The molecule has 1 aliphatic heterocycles. The largest absolute Gasteiger partial charge is 0.376 e. The number of carbonyl (C=O) groups excluding carboxylic acids is 1. The maximum atomic E-state index is 12.4. The van der Waals surface area contributed by atoms with E-state index in [0.717, 1.165) is 18.7 Å². The fourth-order valence-corrected chi connectivity index (χ4v) is 3.52. The number of hydrogen-bond donors (Lipinski definition) is 2. The Hall–Kier alpha value is -1.11. The van der Waals surface area contributed by atoms with Gasteiger partial charge in [0, 0.05) is 38.8 Å². The van der Waals surface area contributed by atoms with Gasteiger partial charge in [-0.1, -0.05) is 12.8 Å². The molecule has 7 heteroatoms. The van der Waals surface area contributed by atoms with Crippen LogP contribution in [0.15, 0.2) is 12.4 Å². The first-order valence-corrected chi connectivity index (χ1v) is 8.32. The third-order valence-corrected chi connectivity index (χ3v) is 4.76. The second kappa shape index (κ2) is 8.66. The fraction of sp³-hybridized carbons (Fsp3) is 0.750. The molecule has 1 aromatic rings. The summed E-state index contributed by atoms with van der Waals surface area (Å²) in [6.45, 7) is 2.79. The Morgan fingerprint density at radius 3 is 2.91 bits per heavy atom. The van der Waals surface area contributed by atoms with Crippen LogP contribution >= 0.6 is 12.4 Å². The van der Waals surface area contributed by atoms with Crippen molar-refractivity contribution < 1.29 is 9.53 Å². The molecular weight excluding hydrogens is 316 g/mol. The molecule has 1 saturated carbocycles. The number of halogens is 1. The number of aryl methyl sites for hydroxylation is 1. The Morgan fingerprint density at radius 1 is 1.43 bits per heavy atom. The maximum absolute atomic E-state index is 12.4. The lowest BCUT2D eigenvalue weighted by Gasteiger charge is -2.17. The van der Waals surface area contributed by atoms with E-state index in [1.54, 1.807) is 4.68 Å². The Morgan fingerprint density at radius 2 is 2.22 bits per heavy atom. The summed E-state index contributed by atoms with van der Waals surface area (Å²) in [5.41, 5.74) is 1.13. The predicted molar refractivity (Wildman–Crippen MR) is 90.8 cm³/mol. The van der Waals surface area contributed by atoms with Gasteiger partial charge in [-0.25, -0.2) is 0 Å². The van der Waals surface area contributed by atoms with Crippen molar-refractivity contribution in [1.82, 2.24) is 20.4 Å². The van der Waals surface area contributed by atoms with E-state index in [2.05, 4.69) is 15.7 Å². The van der Waals surface area contributed by atoms with E-state index in [4.69, 9.17) is 4.74 Å². The van der Waals surface area contributed by atoms with Crippen LogP contribution in [0.3, 0.4) is 0 Å². The van der Waals surface area contributed by atoms with Gasteiger partial charge in [0.05, 0.1) is 24.8 Å². The summed E-state index contributed by atoms with van der Waals surface area (Å²) in [5, 5.41) is 10.6. The van der Waals surface area contributed by atoms with Crippen molar-refractivity contribution in [3.05, 3.63) is 18.0 Å². The smallest absolute Gasteiger partial charge is 0.225 e. The van der Waals surface area contributed by atoms with Gasteiger partial charge in [-0.05, 0) is 18.4 Å². The molecule has 0 spiro atoms. The summed E-state index contributed by atoms with van der Waals surface area (Å²) >= 11 is 0. The van der Waals surface area contributed by atoms with Crippen LogP contribution in [0.1, 0.15) is 37.2 Å². The quantitative estimate of drug-likeness (QED) is 0.763. The lowest BCUT2D eigenvalue weighted by Crippen LogP contribution is -2.36. The topological polar surface area (TPSA) is 68.2 Å². The first-order valence-electron chi connectivity index (χ1n) is 8.32. The van der Waals surface area contributed by atoms with Gasteiger partial charge in [0.1, 0.15) is 0 Å². The number of amides is 1. The molecule has 1 aromatic heterocycles. The predicted octanol–water partition coefficient (Wildman–Crippen LogP) is 1.22. The zero-order valence-corrected chi connectivity index (χ0v) is 14.5. The highest BCUT2D eigenvalue weighted by Gasteiger charge is 2.34. The zero-order valence-electron chi connectivity index (χ0n) is 13.7. The number of rotatable bonds is 6. The van der Waals surface area contributed by atoms with Crippen molar-refractivity contribution in [1.29, 1.82) is 0 Å². The molecule has 3 rings (SSSR count). The summed E-state index contributed by atoms with van der Waals surface area (Å²) in [4.78, 5) is 12.4. The molecule has 0 unspecified atom stereocenters. The molecule has 2 atom stereocenters. The van der Waals surface area contributed by atoms with E-state index in [-0.39, 0.29) is 30.2 Å². The molecular formula is C16H27ClN4O2. The Labute approximate surface area is 143 Å². The van der Waals surface area contributed by atoms with Crippen molar-refractivity contribution in [2.24, 2.45) is 13.0 Å². The van der Waals surface area contributed by atoms with Gasteiger partial charge < -0.3 is 15.4 Å². The molecule has 2 fully saturated rings. The zero-order chi connectivity index (χ0) is 15.4. The molecule has 23 heavy (non-hydrogen) atoms. The summed E-state index contributed by atoms with van der Waals surface area (Å²) in [7, 11) is 1.90. The minimum absolute atomic E-state index is 0. The van der Waals surface area contributed by atoms with E-state index >= 15 is 0 Å². The molecule has 1 saturated heterocycles. The van der Waals surface area contributed by atoms with Crippen LogP contribution in [-0.2, 0) is 16.6 Å². The number of carbonyl (C=O) groups is 1. The molecule has 1 aliphatic carbocycles. The van der Waals surface area contributed by atoms with Crippen molar-refractivity contribution in [3.8, 4) is 0 Å².